The van der Waals surface area contributed by atoms with Gasteiger partial charge in [0.05, 0.1) is 24.8 Å². The average molecular weight is 430 g/mol. The van der Waals surface area contributed by atoms with E-state index in [2.05, 4.69) is 10.9 Å². The quantitative estimate of drug-likeness (QED) is 0.398. The van der Waals surface area contributed by atoms with Gasteiger partial charge >= 0.3 is 0 Å². The van der Waals surface area contributed by atoms with Crippen LogP contribution in [0, 0.1) is 0 Å². The minimum absolute atomic E-state index is 0.173. The third-order valence-corrected chi connectivity index (χ3v) is 5.38. The molecule has 2 aromatic carbocycles. The van der Waals surface area contributed by atoms with E-state index < -0.39 is 0 Å². The number of carbonyl (C=O) groups is 2. The van der Waals surface area contributed by atoms with E-state index in [1.165, 1.54) is 4.90 Å². The summed E-state index contributed by atoms with van der Waals surface area (Å²) in [4.78, 5) is 26.6. The first-order valence-electron chi connectivity index (χ1n) is 8.59. The lowest BCUT2D eigenvalue weighted by atomic mass is 10.2. The first-order valence-corrected chi connectivity index (χ1v) is 9.81. The van der Waals surface area contributed by atoms with E-state index in [9.17, 15) is 9.59 Å². The lowest BCUT2D eigenvalue weighted by molar-refractivity contribution is -0.128. The number of nitrogens with zero attached hydrogens (tertiary/aromatic N) is 1. The zero-order valence-electron chi connectivity index (χ0n) is 15.8. The Balaban J connectivity index is 1.66. The number of hydrazine groups is 1. The molecule has 0 saturated carbocycles. The Hall–Kier alpha value is -3.04. The third kappa shape index (κ3) is 5.07. The van der Waals surface area contributed by atoms with Gasteiger partial charge in [-0.1, -0.05) is 48.2 Å². The predicted molar refractivity (Wildman–Crippen MR) is 118 cm³/mol. The number of thiocarbonyl (C=S) groups is 1. The second-order valence-electron chi connectivity index (χ2n) is 5.92. The fourth-order valence-electron chi connectivity index (χ4n) is 2.58. The molecule has 0 spiro atoms. The van der Waals surface area contributed by atoms with E-state index in [-0.39, 0.29) is 18.4 Å². The SMILES string of the molecule is COc1ccc(/C=C2\SC(=S)N(CC(=O)NNc3ccccc3)C2=O)cc1OC. The molecule has 1 aliphatic rings. The minimum Gasteiger partial charge on any atom is -0.493 e. The Bertz CT molecular complexity index is 963. The molecule has 9 heteroatoms. The molecule has 0 atom stereocenters. The number of nitrogens with one attached hydrogen (secondary N) is 2. The van der Waals surface area contributed by atoms with Crippen LogP contribution in [0.3, 0.4) is 0 Å². The van der Waals surface area contributed by atoms with Crippen molar-refractivity contribution >= 4 is 51.9 Å². The second-order valence-corrected chi connectivity index (χ2v) is 7.60. The van der Waals surface area contributed by atoms with Gasteiger partial charge < -0.3 is 9.47 Å². The molecule has 29 heavy (non-hydrogen) atoms. The Morgan fingerprint density at radius 1 is 1.14 bits per heavy atom. The molecule has 3 rings (SSSR count). The summed E-state index contributed by atoms with van der Waals surface area (Å²) in [6.45, 7) is -0.173. The van der Waals surface area contributed by atoms with E-state index in [1.807, 2.05) is 36.4 Å². The monoisotopic (exact) mass is 429 g/mol. The number of ether oxygens (including phenoxy) is 2. The van der Waals surface area contributed by atoms with E-state index in [4.69, 9.17) is 21.7 Å². The third-order valence-electron chi connectivity index (χ3n) is 4.00. The van der Waals surface area contributed by atoms with E-state index >= 15 is 0 Å². The van der Waals surface area contributed by atoms with Crippen LogP contribution in [0.4, 0.5) is 5.69 Å². The van der Waals surface area contributed by atoms with Crippen LogP contribution in [0.15, 0.2) is 53.4 Å². The molecule has 0 unspecified atom stereocenters. The summed E-state index contributed by atoms with van der Waals surface area (Å²) in [5.74, 6) is 0.463. The van der Waals surface area contributed by atoms with Crippen molar-refractivity contribution in [1.29, 1.82) is 0 Å². The summed E-state index contributed by atoms with van der Waals surface area (Å²) in [6.07, 6.45) is 1.71. The molecule has 0 aliphatic carbocycles. The van der Waals surface area contributed by atoms with Crippen molar-refractivity contribution in [3.63, 3.8) is 0 Å². The van der Waals surface area contributed by atoms with Crippen LogP contribution in [0.5, 0.6) is 11.5 Å². The maximum atomic E-state index is 12.7. The number of hydrogen-bond donors (Lipinski definition) is 2. The molecule has 0 radical (unpaired) electrons. The number of anilines is 1. The van der Waals surface area contributed by atoms with Crippen LogP contribution in [-0.2, 0) is 9.59 Å². The van der Waals surface area contributed by atoms with Gasteiger partial charge in [0.15, 0.2) is 11.5 Å². The Morgan fingerprint density at radius 3 is 2.55 bits per heavy atom. The maximum Gasteiger partial charge on any atom is 0.266 e. The molecule has 1 fully saturated rings. The van der Waals surface area contributed by atoms with Crippen molar-refractivity contribution in [3.05, 3.63) is 59.0 Å². The van der Waals surface area contributed by atoms with Crippen LogP contribution in [0.1, 0.15) is 5.56 Å². The smallest absolute Gasteiger partial charge is 0.266 e. The molecule has 1 saturated heterocycles. The predicted octanol–water partition coefficient (Wildman–Crippen LogP) is 3.05. The molecule has 0 bridgehead atoms. The Morgan fingerprint density at radius 2 is 1.86 bits per heavy atom. The number of rotatable bonds is 7. The Kier molecular flexibility index (Phi) is 6.73. The normalized spacial score (nSPS) is 14.8. The number of methoxy groups -OCH3 is 2. The molecule has 2 aromatic rings. The topological polar surface area (TPSA) is 79.9 Å². The highest BCUT2D eigenvalue weighted by Gasteiger charge is 2.33. The van der Waals surface area contributed by atoms with E-state index in [1.54, 1.807) is 32.4 Å². The van der Waals surface area contributed by atoms with Gasteiger partial charge in [0.2, 0.25) is 0 Å². The van der Waals surface area contributed by atoms with Crippen LogP contribution >= 0.6 is 24.0 Å². The lowest BCUT2D eigenvalue weighted by Gasteiger charge is -2.15. The zero-order chi connectivity index (χ0) is 20.8. The summed E-state index contributed by atoms with van der Waals surface area (Å²) in [6, 6.07) is 14.5. The molecule has 2 amide bonds. The second kappa shape index (κ2) is 9.44. The number of hydrogen-bond acceptors (Lipinski definition) is 7. The first-order chi connectivity index (χ1) is 14.0. The van der Waals surface area contributed by atoms with Gasteiger partial charge in [-0.2, -0.15) is 0 Å². The van der Waals surface area contributed by atoms with Crippen molar-refractivity contribution in [2.75, 3.05) is 26.2 Å². The highest BCUT2D eigenvalue weighted by Crippen LogP contribution is 2.34. The van der Waals surface area contributed by atoms with Crippen molar-refractivity contribution in [3.8, 4) is 11.5 Å². The van der Waals surface area contributed by atoms with Crippen molar-refractivity contribution < 1.29 is 19.1 Å². The highest BCUT2D eigenvalue weighted by atomic mass is 32.2. The largest absolute Gasteiger partial charge is 0.493 e. The summed E-state index contributed by atoms with van der Waals surface area (Å²) in [7, 11) is 3.10. The lowest BCUT2D eigenvalue weighted by Crippen LogP contribution is -2.41. The van der Waals surface area contributed by atoms with Gasteiger partial charge in [-0.25, -0.2) is 0 Å². The van der Waals surface area contributed by atoms with Gasteiger partial charge in [-0.05, 0) is 35.9 Å². The van der Waals surface area contributed by atoms with Crippen LogP contribution in [0.25, 0.3) is 6.08 Å². The summed E-state index contributed by atoms with van der Waals surface area (Å²) < 4.78 is 10.8. The summed E-state index contributed by atoms with van der Waals surface area (Å²) >= 11 is 6.43. The minimum atomic E-state index is -0.377. The number of para-hydroxylation sites is 1. The number of amides is 2. The Labute approximate surface area is 178 Å². The summed E-state index contributed by atoms with van der Waals surface area (Å²) in [5.41, 5.74) is 6.85. The number of carbonyl (C=O) groups excluding carboxylic acids is 2. The van der Waals surface area contributed by atoms with Gasteiger partial charge in [-0.15, -0.1) is 0 Å². The fourth-order valence-corrected chi connectivity index (χ4v) is 3.83. The molecule has 150 valence electrons. The molecular weight excluding hydrogens is 410 g/mol. The molecule has 1 aliphatic heterocycles. The van der Waals surface area contributed by atoms with Gasteiger partial charge in [0.1, 0.15) is 10.9 Å². The van der Waals surface area contributed by atoms with Crippen molar-refractivity contribution in [2.45, 2.75) is 0 Å². The van der Waals surface area contributed by atoms with Crippen molar-refractivity contribution in [2.24, 2.45) is 0 Å². The van der Waals surface area contributed by atoms with Crippen molar-refractivity contribution in [1.82, 2.24) is 10.3 Å². The van der Waals surface area contributed by atoms with Gasteiger partial charge in [-0.3, -0.25) is 25.3 Å². The van der Waals surface area contributed by atoms with Gasteiger partial charge in [0, 0.05) is 0 Å². The standard InChI is InChI=1S/C20H19N3O4S2/c1-26-15-9-8-13(10-16(15)27-2)11-17-19(25)23(20(28)29-17)12-18(24)22-21-14-6-4-3-5-7-14/h3-11,21H,12H2,1-2H3,(H,22,24)/b17-11-. The summed E-state index contributed by atoms with van der Waals surface area (Å²) in [5, 5.41) is 0. The fraction of sp³-hybridized carbons (Fsp3) is 0.150. The van der Waals surface area contributed by atoms with Gasteiger partial charge in [0.25, 0.3) is 11.8 Å². The zero-order valence-corrected chi connectivity index (χ0v) is 17.4. The molecule has 1 heterocycles. The van der Waals surface area contributed by atoms with Crippen LogP contribution in [0.2, 0.25) is 0 Å². The van der Waals surface area contributed by atoms with Crippen LogP contribution in [-0.4, -0.2) is 41.8 Å². The molecular formula is C20H19N3O4S2. The average Bonchev–Trinajstić information content (AvgIpc) is 3.00. The number of thioether (sulfide) groups is 1. The molecule has 0 aromatic heterocycles. The van der Waals surface area contributed by atoms with Crippen LogP contribution < -0.4 is 20.3 Å². The van der Waals surface area contributed by atoms with E-state index in [0.29, 0.717) is 20.7 Å². The molecule has 2 N–H and O–H groups in total. The van der Waals surface area contributed by atoms with E-state index in [0.717, 1.165) is 23.0 Å². The maximum absolute atomic E-state index is 12.7. The first kappa shape index (κ1) is 20.7. The molecule has 7 nitrogen and oxygen atoms in total. The number of benzene rings is 2. The highest BCUT2D eigenvalue weighted by molar-refractivity contribution is 8.26.